The van der Waals surface area contributed by atoms with Gasteiger partial charge in [-0.05, 0) is 18.4 Å². The summed E-state index contributed by atoms with van der Waals surface area (Å²) in [5.74, 6) is 0.684. The van der Waals surface area contributed by atoms with Crippen molar-refractivity contribution in [3.05, 3.63) is 24.3 Å². The van der Waals surface area contributed by atoms with Gasteiger partial charge in [-0.2, -0.15) is 0 Å². The third kappa shape index (κ3) is 2.51. The molecule has 1 aromatic carbocycles. The summed E-state index contributed by atoms with van der Waals surface area (Å²) in [5.41, 5.74) is 0.553. The molecule has 5 nitrogen and oxygen atoms in total. The number of fused-ring (bicyclic) bond motifs is 1. The summed E-state index contributed by atoms with van der Waals surface area (Å²) in [6, 6.07) is 3.00. The Balaban J connectivity index is 2.06. The van der Waals surface area contributed by atoms with E-state index in [2.05, 4.69) is 14.9 Å². The number of halogens is 1. The largest absolute Gasteiger partial charge is 0.494 e. The summed E-state index contributed by atoms with van der Waals surface area (Å²) in [6.45, 7) is 3.45. The molecule has 0 unspecified atom stereocenters. The first-order valence-electron chi connectivity index (χ1n) is 7.01. The molecule has 2 aromatic rings. The van der Waals surface area contributed by atoms with Gasteiger partial charge in [-0.25, -0.2) is 14.4 Å². The fourth-order valence-electron chi connectivity index (χ4n) is 2.78. The molecule has 0 spiro atoms. The van der Waals surface area contributed by atoms with Crippen LogP contribution >= 0.6 is 0 Å². The van der Waals surface area contributed by atoms with E-state index < -0.39 is 5.82 Å². The Kier molecular flexibility index (Phi) is 3.63. The quantitative estimate of drug-likeness (QED) is 0.917. The van der Waals surface area contributed by atoms with Crippen molar-refractivity contribution in [2.75, 3.05) is 25.1 Å². The molecule has 0 aliphatic carbocycles. The van der Waals surface area contributed by atoms with Gasteiger partial charge in [0, 0.05) is 24.5 Å². The van der Waals surface area contributed by atoms with Crippen LogP contribution in [0.25, 0.3) is 10.9 Å². The van der Waals surface area contributed by atoms with E-state index in [1.807, 2.05) is 6.92 Å². The highest BCUT2D eigenvalue weighted by Crippen LogP contribution is 2.31. The van der Waals surface area contributed by atoms with Crippen LogP contribution in [0.5, 0.6) is 5.75 Å². The summed E-state index contributed by atoms with van der Waals surface area (Å²) in [6.07, 6.45) is 1.87. The molecule has 1 aromatic heterocycles. The van der Waals surface area contributed by atoms with Crippen LogP contribution in [0.1, 0.15) is 13.3 Å². The lowest BCUT2D eigenvalue weighted by Crippen LogP contribution is -2.42. The van der Waals surface area contributed by atoms with Gasteiger partial charge in [0.05, 0.1) is 18.7 Å². The van der Waals surface area contributed by atoms with Crippen molar-refractivity contribution >= 4 is 16.7 Å². The summed E-state index contributed by atoms with van der Waals surface area (Å²) in [7, 11) is 1.44. The Morgan fingerprint density at radius 3 is 2.90 bits per heavy atom. The summed E-state index contributed by atoms with van der Waals surface area (Å²) < 4.78 is 18.8. The third-order valence-electron chi connectivity index (χ3n) is 4.05. The zero-order valence-corrected chi connectivity index (χ0v) is 12.1. The molecule has 0 radical (unpaired) electrons. The van der Waals surface area contributed by atoms with Crippen molar-refractivity contribution in [2.24, 2.45) is 5.92 Å². The third-order valence-corrected chi connectivity index (χ3v) is 4.05. The fraction of sp³-hybridized carbons (Fsp3) is 0.467. The molecule has 0 bridgehead atoms. The van der Waals surface area contributed by atoms with Crippen LogP contribution in [0.3, 0.4) is 0 Å². The molecule has 2 atom stereocenters. The maximum atomic E-state index is 13.8. The molecule has 112 valence electrons. The van der Waals surface area contributed by atoms with Crippen LogP contribution in [0, 0.1) is 11.7 Å². The summed E-state index contributed by atoms with van der Waals surface area (Å²) in [4.78, 5) is 10.6. The Bertz CT molecular complexity index is 665. The number of rotatable bonds is 2. The molecule has 21 heavy (non-hydrogen) atoms. The van der Waals surface area contributed by atoms with Crippen molar-refractivity contribution in [1.29, 1.82) is 0 Å². The van der Waals surface area contributed by atoms with Gasteiger partial charge in [-0.3, -0.25) is 0 Å². The van der Waals surface area contributed by atoms with Crippen molar-refractivity contribution in [1.82, 2.24) is 9.97 Å². The molecule has 0 saturated carbocycles. The number of anilines is 1. The lowest BCUT2D eigenvalue weighted by Gasteiger charge is -2.35. The SMILES string of the molecule is COc1cc2c(N3CC[C@H](O)[C@H](C)C3)ncnc2cc1F. The van der Waals surface area contributed by atoms with E-state index in [0.29, 0.717) is 18.5 Å². The second-order valence-corrected chi connectivity index (χ2v) is 5.48. The van der Waals surface area contributed by atoms with E-state index in [9.17, 15) is 9.50 Å². The topological polar surface area (TPSA) is 58.5 Å². The van der Waals surface area contributed by atoms with Crippen LogP contribution in [0.2, 0.25) is 0 Å². The first-order chi connectivity index (χ1) is 10.1. The van der Waals surface area contributed by atoms with Crippen LogP contribution < -0.4 is 9.64 Å². The highest BCUT2D eigenvalue weighted by molar-refractivity contribution is 5.90. The number of nitrogens with zero attached hydrogens (tertiary/aromatic N) is 3. The fourth-order valence-corrected chi connectivity index (χ4v) is 2.78. The van der Waals surface area contributed by atoms with Gasteiger partial charge in [-0.1, -0.05) is 6.92 Å². The van der Waals surface area contributed by atoms with Gasteiger partial charge in [-0.15, -0.1) is 0 Å². The molecule has 6 heteroatoms. The molecule has 1 aliphatic heterocycles. The van der Waals surface area contributed by atoms with Crippen molar-refractivity contribution in [3.63, 3.8) is 0 Å². The van der Waals surface area contributed by atoms with E-state index in [-0.39, 0.29) is 17.8 Å². The Hall–Kier alpha value is -1.95. The predicted molar refractivity (Wildman–Crippen MR) is 78.0 cm³/mol. The molecular weight excluding hydrogens is 273 g/mol. The molecule has 1 aliphatic rings. The van der Waals surface area contributed by atoms with Crippen molar-refractivity contribution < 1.29 is 14.2 Å². The highest BCUT2D eigenvalue weighted by atomic mass is 19.1. The lowest BCUT2D eigenvalue weighted by molar-refractivity contribution is 0.0969. The molecule has 1 N–H and O–H groups in total. The van der Waals surface area contributed by atoms with Crippen LogP contribution in [0.4, 0.5) is 10.2 Å². The second kappa shape index (κ2) is 5.44. The zero-order chi connectivity index (χ0) is 15.0. The normalized spacial score (nSPS) is 22.6. The van der Waals surface area contributed by atoms with Crippen LogP contribution in [-0.2, 0) is 0 Å². The number of methoxy groups -OCH3 is 1. The Morgan fingerprint density at radius 2 is 2.19 bits per heavy atom. The minimum absolute atomic E-state index is 0.172. The van der Waals surface area contributed by atoms with Crippen LogP contribution in [-0.4, -0.2) is 41.4 Å². The highest BCUT2D eigenvalue weighted by Gasteiger charge is 2.26. The molecular formula is C15H18FN3O2. The number of hydrogen-bond donors (Lipinski definition) is 1. The van der Waals surface area contributed by atoms with Gasteiger partial charge in [0.2, 0.25) is 0 Å². The number of aliphatic hydroxyl groups excluding tert-OH is 1. The number of aliphatic hydroxyl groups is 1. The number of hydrogen-bond acceptors (Lipinski definition) is 5. The standard InChI is InChI=1S/C15H18FN3O2/c1-9-7-19(4-3-13(9)20)15-10-5-14(21-2)11(16)6-12(10)17-8-18-15/h5-6,8-9,13,20H,3-4,7H2,1-2H3/t9-,13+/m1/s1. The monoisotopic (exact) mass is 291 g/mol. The van der Waals surface area contributed by atoms with E-state index in [1.54, 1.807) is 6.07 Å². The first-order valence-corrected chi connectivity index (χ1v) is 7.01. The summed E-state index contributed by atoms with van der Waals surface area (Å²) >= 11 is 0. The van der Waals surface area contributed by atoms with E-state index in [0.717, 1.165) is 17.7 Å². The van der Waals surface area contributed by atoms with E-state index >= 15 is 0 Å². The Morgan fingerprint density at radius 1 is 1.38 bits per heavy atom. The maximum Gasteiger partial charge on any atom is 0.167 e. The van der Waals surface area contributed by atoms with Crippen molar-refractivity contribution in [3.8, 4) is 5.75 Å². The minimum atomic E-state index is -0.433. The van der Waals surface area contributed by atoms with Gasteiger partial charge < -0.3 is 14.7 Å². The molecule has 1 saturated heterocycles. The number of benzene rings is 1. The zero-order valence-electron chi connectivity index (χ0n) is 12.1. The van der Waals surface area contributed by atoms with Gasteiger partial charge in [0.15, 0.2) is 11.6 Å². The molecule has 0 amide bonds. The van der Waals surface area contributed by atoms with E-state index in [1.165, 1.54) is 19.5 Å². The van der Waals surface area contributed by atoms with E-state index in [4.69, 9.17) is 4.74 Å². The number of aromatic nitrogens is 2. The summed E-state index contributed by atoms with van der Waals surface area (Å²) in [5, 5.41) is 10.6. The minimum Gasteiger partial charge on any atom is -0.494 e. The van der Waals surface area contributed by atoms with Crippen molar-refractivity contribution in [2.45, 2.75) is 19.4 Å². The molecule has 3 rings (SSSR count). The smallest absolute Gasteiger partial charge is 0.167 e. The molecule has 2 heterocycles. The first kappa shape index (κ1) is 14.0. The van der Waals surface area contributed by atoms with Gasteiger partial charge in [0.1, 0.15) is 12.1 Å². The second-order valence-electron chi connectivity index (χ2n) is 5.48. The average Bonchev–Trinajstić information content (AvgIpc) is 2.48. The van der Waals surface area contributed by atoms with Crippen LogP contribution in [0.15, 0.2) is 18.5 Å². The number of ether oxygens (including phenoxy) is 1. The average molecular weight is 291 g/mol. The maximum absolute atomic E-state index is 13.8. The van der Waals surface area contributed by atoms with Gasteiger partial charge in [0.25, 0.3) is 0 Å². The number of piperidine rings is 1. The van der Waals surface area contributed by atoms with Gasteiger partial charge >= 0.3 is 0 Å². The Labute approximate surface area is 122 Å². The molecule has 1 fully saturated rings. The lowest BCUT2D eigenvalue weighted by atomic mass is 9.96. The predicted octanol–water partition coefficient (Wildman–Crippen LogP) is 1.98.